The number of rotatable bonds is 0. The summed E-state index contributed by atoms with van der Waals surface area (Å²) in [6.07, 6.45) is -8.92. The maximum atomic E-state index is 10.4. The van der Waals surface area contributed by atoms with Crippen LogP contribution in [0.15, 0.2) is 0 Å². The molecule has 0 amide bonds. The largest absolute Gasteiger partial charge is 1.00 e. The maximum absolute atomic E-state index is 10.4. The van der Waals surface area contributed by atoms with Crippen LogP contribution < -0.4 is 51.4 Å². The number of hydrogen-bond acceptors (Lipinski definition) is 3. The summed E-state index contributed by atoms with van der Waals surface area (Å²) >= 11 is 0. The first-order chi connectivity index (χ1) is 4.68. The van der Waals surface area contributed by atoms with Gasteiger partial charge in [-0.15, -0.1) is 0 Å². The van der Waals surface area contributed by atoms with Gasteiger partial charge in [0.15, 0.2) is 0 Å². The Morgan fingerprint density at radius 2 is 1.25 bits per heavy atom. The Bertz CT molecular complexity index is 157. The van der Waals surface area contributed by atoms with E-state index in [9.17, 15) is 22.0 Å². The first-order valence-electron chi connectivity index (χ1n) is 1.71. The van der Waals surface area contributed by atoms with E-state index < -0.39 is 23.6 Å². The molecule has 0 aromatic rings. The second kappa shape index (κ2) is 8.78. The van der Waals surface area contributed by atoms with E-state index in [1.807, 2.05) is 0 Å². The molecule has 0 unspecified atom stereocenters. The topological polar surface area (TPSA) is 54.4 Å². The summed E-state index contributed by atoms with van der Waals surface area (Å²) in [6.45, 7) is 0. The van der Waals surface area contributed by atoms with Crippen molar-refractivity contribution in [2.24, 2.45) is 0 Å². The van der Waals surface area contributed by atoms with Gasteiger partial charge in [-0.25, -0.2) is 0 Å². The monoisotopic (exact) mass is 239 g/mol. The van der Waals surface area contributed by atoms with Crippen molar-refractivity contribution in [2.75, 3.05) is 0 Å². The molecule has 0 saturated heterocycles. The van der Waals surface area contributed by atoms with Crippen molar-refractivity contribution in [1.29, 1.82) is 0 Å². The van der Waals surface area contributed by atoms with Crippen LogP contribution in [0.5, 0.6) is 0 Å². The zero-order valence-corrected chi connectivity index (χ0v) is 9.50. The quantitative estimate of drug-likeness (QED) is 0.189. The summed E-state index contributed by atoms with van der Waals surface area (Å²) in [5, 5.41) is 0. The number of halogens is 5. The maximum Gasteiger partial charge on any atom is 1.00 e. The van der Waals surface area contributed by atoms with Crippen molar-refractivity contribution in [1.82, 2.24) is 0 Å². The molecule has 0 aliphatic rings. The smallest absolute Gasteiger partial charge is 0.439 e. The standard InChI is InChI=1S/C2F5.K.HO3S/c3-1(4)2(5,6)7;;1-4(2)3/h;;(H,1,2,3)/q;+1;-1. The minimum Gasteiger partial charge on any atom is -0.439 e. The van der Waals surface area contributed by atoms with E-state index in [0.717, 1.165) is 0 Å². The molecule has 12 heavy (non-hydrogen) atoms. The predicted molar refractivity (Wildman–Crippen MR) is 22.9 cm³/mol. The zero-order valence-electron chi connectivity index (χ0n) is 5.56. The van der Waals surface area contributed by atoms with Gasteiger partial charge in [-0.3, -0.25) is 0 Å². The fraction of sp³-hybridized carbons (Fsp3) is 0.500. The van der Waals surface area contributed by atoms with Crippen LogP contribution in [0.2, 0.25) is 0 Å². The van der Waals surface area contributed by atoms with E-state index in [-0.39, 0.29) is 51.4 Å². The predicted octanol–water partition coefficient (Wildman–Crippen LogP) is -1.25. The summed E-state index contributed by atoms with van der Waals surface area (Å²) in [5.74, 6) is 0. The van der Waals surface area contributed by atoms with Crippen LogP contribution in [0.1, 0.15) is 0 Å². The SMILES string of the molecule is F[C](F)C(F)(F)F.O=[S-](=O)O.[K+]. The molecule has 0 aliphatic carbocycles. The molecule has 0 aromatic carbocycles. The third-order valence-corrected chi connectivity index (χ3v) is 0.214. The summed E-state index contributed by atoms with van der Waals surface area (Å²) in [5.41, 5.74) is 0. The number of alkyl halides is 3. The van der Waals surface area contributed by atoms with Gasteiger partial charge < -0.3 is 13.0 Å². The first-order valence-corrected chi connectivity index (χ1v) is 2.74. The van der Waals surface area contributed by atoms with Crippen molar-refractivity contribution < 1.29 is 86.3 Å². The average Bonchev–Trinajstić information content (AvgIpc) is 1.59. The molecule has 0 aromatic heterocycles. The molecule has 3 nitrogen and oxygen atoms in total. The van der Waals surface area contributed by atoms with E-state index in [2.05, 4.69) is 0 Å². The zero-order chi connectivity index (χ0) is 9.65. The van der Waals surface area contributed by atoms with Crippen LogP contribution in [0.25, 0.3) is 0 Å². The van der Waals surface area contributed by atoms with E-state index in [1.54, 1.807) is 0 Å². The van der Waals surface area contributed by atoms with Gasteiger partial charge in [0.05, 0.1) is 0 Å². The molecule has 0 saturated carbocycles. The van der Waals surface area contributed by atoms with Crippen molar-refractivity contribution >= 4 is 11.0 Å². The van der Waals surface area contributed by atoms with Crippen molar-refractivity contribution in [3.05, 3.63) is 6.43 Å². The molecule has 0 aliphatic heterocycles. The average molecular weight is 239 g/mol. The normalized spacial score (nSPS) is 10.3. The molecular formula is C2HF5KO3S. The Balaban J connectivity index is -0.000000142. The molecule has 0 heterocycles. The molecule has 0 fully saturated rings. The molecule has 69 valence electrons. The second-order valence-electron chi connectivity index (χ2n) is 0.975. The van der Waals surface area contributed by atoms with Gasteiger partial charge in [-0.05, 0) is 0 Å². The minimum absolute atomic E-state index is 0. The summed E-state index contributed by atoms with van der Waals surface area (Å²) in [7, 11) is -2.86. The molecule has 0 atom stereocenters. The second-order valence-corrected chi connectivity index (χ2v) is 1.41. The summed E-state index contributed by atoms with van der Waals surface area (Å²) < 4.78 is 75.9. The van der Waals surface area contributed by atoms with Crippen LogP contribution in [-0.2, 0) is 19.4 Å². The van der Waals surface area contributed by atoms with Gasteiger partial charge in [-0.2, -0.15) is 22.0 Å². The molecule has 1 radical (unpaired) electrons. The molecule has 0 rings (SSSR count). The fourth-order valence-corrected chi connectivity index (χ4v) is 0. The van der Waals surface area contributed by atoms with Crippen LogP contribution in [0, 0.1) is 6.43 Å². The molecule has 10 heteroatoms. The van der Waals surface area contributed by atoms with Gasteiger partial charge in [-0.1, -0.05) is 0 Å². The van der Waals surface area contributed by atoms with E-state index in [1.165, 1.54) is 0 Å². The first kappa shape index (κ1) is 18.9. The Kier molecular flexibility index (Phi) is 13.8. The summed E-state index contributed by atoms with van der Waals surface area (Å²) in [4.78, 5) is 0. The van der Waals surface area contributed by atoms with Gasteiger partial charge in [0.2, 0.25) is 0 Å². The van der Waals surface area contributed by atoms with Crippen molar-refractivity contribution in [2.45, 2.75) is 6.18 Å². The van der Waals surface area contributed by atoms with Gasteiger partial charge >= 0.3 is 64.0 Å². The van der Waals surface area contributed by atoms with Crippen LogP contribution in [-0.4, -0.2) is 10.7 Å². The third-order valence-electron chi connectivity index (χ3n) is 0.214. The third kappa shape index (κ3) is 22.5. The minimum atomic E-state index is -5.42. The Hall–Kier alpha value is 1.20. The summed E-state index contributed by atoms with van der Waals surface area (Å²) in [6, 6.07) is 0. The van der Waals surface area contributed by atoms with Gasteiger partial charge in [0.25, 0.3) is 0 Å². The van der Waals surface area contributed by atoms with Gasteiger partial charge in [0.1, 0.15) is 0 Å². The van der Waals surface area contributed by atoms with Crippen LogP contribution in [0.3, 0.4) is 0 Å². The van der Waals surface area contributed by atoms with Crippen LogP contribution in [0.4, 0.5) is 22.0 Å². The van der Waals surface area contributed by atoms with Crippen molar-refractivity contribution in [3.63, 3.8) is 0 Å². The van der Waals surface area contributed by atoms with Crippen molar-refractivity contribution in [3.8, 4) is 0 Å². The Labute approximate surface area is 109 Å². The van der Waals surface area contributed by atoms with E-state index in [0.29, 0.717) is 0 Å². The van der Waals surface area contributed by atoms with Gasteiger partial charge in [0, 0.05) is 11.0 Å². The molecule has 1 N–H and O–H groups in total. The Morgan fingerprint density at radius 1 is 1.17 bits per heavy atom. The van der Waals surface area contributed by atoms with E-state index in [4.69, 9.17) is 13.0 Å². The molecular weight excluding hydrogens is 238 g/mol. The van der Waals surface area contributed by atoms with E-state index >= 15 is 0 Å². The Morgan fingerprint density at radius 3 is 1.25 bits per heavy atom. The van der Waals surface area contributed by atoms with Crippen LogP contribution >= 0.6 is 0 Å². The fourth-order valence-electron chi connectivity index (χ4n) is 0. The number of hydrogen-bond donors (Lipinski definition) is 1. The molecule has 0 spiro atoms. The molecule has 0 bridgehead atoms.